The van der Waals surface area contributed by atoms with Crippen LogP contribution in [0, 0.1) is 0 Å². The van der Waals surface area contributed by atoms with Gasteiger partial charge in [-0.05, 0) is 6.42 Å². The maximum atomic E-state index is 4.31. The highest BCUT2D eigenvalue weighted by atomic mass is 32.2. The molecule has 0 aromatic carbocycles. The molecular weight excluding hydrogens is 130 g/mol. The first kappa shape index (κ1) is 7.13. The Hall–Kier alpha value is 0.0200. The molecule has 0 saturated carbocycles. The molecule has 1 aliphatic rings. The van der Waals surface area contributed by atoms with E-state index in [4.69, 9.17) is 0 Å². The van der Waals surface area contributed by atoms with E-state index in [9.17, 15) is 0 Å². The summed E-state index contributed by atoms with van der Waals surface area (Å²) in [5, 5.41) is 0. The average molecular weight is 143 g/mol. The number of hydrogen-bond acceptors (Lipinski definition) is 2. The van der Waals surface area contributed by atoms with E-state index < -0.39 is 0 Å². The Balaban J connectivity index is 2.05. The minimum absolute atomic E-state index is 0.648. The van der Waals surface area contributed by atoms with Crippen molar-refractivity contribution in [3.63, 3.8) is 0 Å². The van der Waals surface area contributed by atoms with Crippen molar-refractivity contribution < 1.29 is 0 Å². The van der Waals surface area contributed by atoms with Crippen molar-refractivity contribution in [1.29, 1.82) is 0 Å². The summed E-state index contributed by atoms with van der Waals surface area (Å²) < 4.78 is 0. The van der Waals surface area contributed by atoms with E-state index in [-0.39, 0.29) is 0 Å². The van der Waals surface area contributed by atoms with Crippen LogP contribution in [-0.2, 0) is 0 Å². The Bertz CT molecular complexity index is 101. The topological polar surface area (TPSA) is 12.4 Å². The summed E-state index contributed by atoms with van der Waals surface area (Å²) in [4.78, 5) is 4.31. The zero-order valence-electron chi connectivity index (χ0n) is 5.84. The Labute approximate surface area is 60.9 Å². The minimum Gasteiger partial charge on any atom is -0.282 e. The lowest BCUT2D eigenvalue weighted by Gasteiger charge is -2.01. The minimum atomic E-state index is 0.648. The summed E-state index contributed by atoms with van der Waals surface area (Å²) in [6, 6.07) is 0.648. The lowest BCUT2D eigenvalue weighted by Crippen LogP contribution is -2.01. The van der Waals surface area contributed by atoms with Gasteiger partial charge in [-0.3, -0.25) is 4.99 Å². The largest absolute Gasteiger partial charge is 0.282 e. The van der Waals surface area contributed by atoms with E-state index in [1.165, 1.54) is 25.0 Å². The Morgan fingerprint density at radius 2 is 2.67 bits per heavy atom. The van der Waals surface area contributed by atoms with Gasteiger partial charge in [-0.15, -0.1) is 11.8 Å². The molecule has 0 spiro atoms. The molecule has 1 unspecified atom stereocenters. The van der Waals surface area contributed by atoms with Crippen molar-refractivity contribution in [1.82, 2.24) is 0 Å². The quantitative estimate of drug-likeness (QED) is 0.590. The van der Waals surface area contributed by atoms with Crippen LogP contribution in [0.1, 0.15) is 26.2 Å². The van der Waals surface area contributed by atoms with Crippen LogP contribution in [0.3, 0.4) is 0 Å². The molecule has 0 N–H and O–H groups in total. The van der Waals surface area contributed by atoms with Crippen LogP contribution in [0.25, 0.3) is 0 Å². The molecule has 0 aromatic heterocycles. The van der Waals surface area contributed by atoms with Gasteiger partial charge in [-0.1, -0.05) is 19.8 Å². The third kappa shape index (κ3) is 2.39. The van der Waals surface area contributed by atoms with Crippen molar-refractivity contribution in [2.75, 3.05) is 5.75 Å². The average Bonchev–Trinajstić information content (AvgIpc) is 2.34. The van der Waals surface area contributed by atoms with E-state index in [2.05, 4.69) is 11.9 Å². The number of nitrogens with zero attached hydrogens (tertiary/aromatic N) is 1. The van der Waals surface area contributed by atoms with Crippen molar-refractivity contribution in [3.05, 3.63) is 0 Å². The van der Waals surface area contributed by atoms with Crippen LogP contribution in [0.15, 0.2) is 4.99 Å². The number of thioether (sulfide) groups is 1. The second kappa shape index (κ2) is 3.94. The third-order valence-electron chi connectivity index (χ3n) is 1.53. The van der Waals surface area contributed by atoms with Gasteiger partial charge < -0.3 is 0 Å². The first-order valence-corrected chi connectivity index (χ1v) is 4.61. The molecule has 0 aliphatic carbocycles. The van der Waals surface area contributed by atoms with Gasteiger partial charge in [-0.2, -0.15) is 0 Å². The fraction of sp³-hybridized carbons (Fsp3) is 0.857. The number of hydrogen-bond donors (Lipinski definition) is 0. The SMILES string of the molecule is CCCCC1CSC=N1. The maximum absolute atomic E-state index is 4.31. The monoisotopic (exact) mass is 143 g/mol. The van der Waals surface area contributed by atoms with E-state index >= 15 is 0 Å². The first-order valence-electron chi connectivity index (χ1n) is 3.56. The predicted molar refractivity (Wildman–Crippen MR) is 44.3 cm³/mol. The van der Waals surface area contributed by atoms with Crippen LogP contribution in [0.4, 0.5) is 0 Å². The van der Waals surface area contributed by atoms with Gasteiger partial charge in [-0.25, -0.2) is 0 Å². The Morgan fingerprint density at radius 3 is 3.22 bits per heavy atom. The predicted octanol–water partition coefficient (Wildman–Crippen LogP) is 2.32. The molecule has 1 atom stereocenters. The normalized spacial score (nSPS) is 25.2. The standard InChI is InChI=1S/C7H13NS/c1-2-3-4-7-5-9-6-8-7/h6-7H,2-5H2,1H3. The van der Waals surface area contributed by atoms with Gasteiger partial charge >= 0.3 is 0 Å². The van der Waals surface area contributed by atoms with E-state index in [0.717, 1.165) is 0 Å². The summed E-state index contributed by atoms with van der Waals surface area (Å²) in [6.45, 7) is 2.23. The van der Waals surface area contributed by atoms with Crippen molar-refractivity contribution in [3.8, 4) is 0 Å². The van der Waals surface area contributed by atoms with Gasteiger partial charge in [0.2, 0.25) is 0 Å². The molecule has 1 aliphatic heterocycles. The Kier molecular flexibility index (Phi) is 3.12. The number of aliphatic imine (C=N–C) groups is 1. The van der Waals surface area contributed by atoms with Gasteiger partial charge in [0.05, 0.1) is 11.6 Å². The molecule has 0 bridgehead atoms. The number of unbranched alkanes of at least 4 members (excludes halogenated alkanes) is 1. The lowest BCUT2D eigenvalue weighted by molar-refractivity contribution is 0.631. The fourth-order valence-corrected chi connectivity index (χ4v) is 1.74. The van der Waals surface area contributed by atoms with Crippen LogP contribution >= 0.6 is 11.8 Å². The first-order chi connectivity index (χ1) is 4.43. The highest BCUT2D eigenvalue weighted by Crippen LogP contribution is 2.15. The zero-order valence-corrected chi connectivity index (χ0v) is 6.66. The van der Waals surface area contributed by atoms with Crippen molar-refractivity contribution in [2.24, 2.45) is 4.99 Å². The van der Waals surface area contributed by atoms with Crippen molar-refractivity contribution in [2.45, 2.75) is 32.2 Å². The second-order valence-corrected chi connectivity index (χ2v) is 3.26. The fourth-order valence-electron chi connectivity index (χ4n) is 0.924. The third-order valence-corrected chi connectivity index (χ3v) is 2.37. The van der Waals surface area contributed by atoms with E-state index in [1.54, 1.807) is 0 Å². The van der Waals surface area contributed by atoms with Crippen LogP contribution in [0.5, 0.6) is 0 Å². The molecule has 1 heterocycles. The summed E-state index contributed by atoms with van der Waals surface area (Å²) >= 11 is 1.84. The number of rotatable bonds is 3. The molecule has 2 heteroatoms. The summed E-state index contributed by atoms with van der Waals surface area (Å²) in [7, 11) is 0. The highest BCUT2D eigenvalue weighted by molar-refractivity contribution is 8.12. The lowest BCUT2D eigenvalue weighted by atomic mass is 10.1. The Morgan fingerprint density at radius 1 is 1.78 bits per heavy atom. The van der Waals surface area contributed by atoms with E-state index in [1.807, 2.05) is 17.3 Å². The molecule has 0 amide bonds. The van der Waals surface area contributed by atoms with Gasteiger partial charge in [0.15, 0.2) is 0 Å². The van der Waals surface area contributed by atoms with E-state index in [0.29, 0.717) is 6.04 Å². The smallest absolute Gasteiger partial charge is 0.0600 e. The molecule has 0 radical (unpaired) electrons. The van der Waals surface area contributed by atoms with Crippen LogP contribution < -0.4 is 0 Å². The molecule has 0 fully saturated rings. The highest BCUT2D eigenvalue weighted by Gasteiger charge is 2.08. The summed E-state index contributed by atoms with van der Waals surface area (Å²) in [5.41, 5.74) is 1.99. The molecule has 9 heavy (non-hydrogen) atoms. The van der Waals surface area contributed by atoms with Gasteiger partial charge in [0.25, 0.3) is 0 Å². The molecule has 0 saturated heterocycles. The van der Waals surface area contributed by atoms with Gasteiger partial charge in [0, 0.05) is 5.75 Å². The van der Waals surface area contributed by atoms with Crippen LogP contribution in [-0.4, -0.2) is 17.3 Å². The molecule has 1 rings (SSSR count). The zero-order chi connectivity index (χ0) is 6.53. The van der Waals surface area contributed by atoms with Crippen molar-refractivity contribution >= 4 is 17.3 Å². The maximum Gasteiger partial charge on any atom is 0.0600 e. The summed E-state index contributed by atoms with van der Waals surface area (Å²) in [5.74, 6) is 1.22. The second-order valence-electron chi connectivity index (χ2n) is 2.38. The molecule has 52 valence electrons. The van der Waals surface area contributed by atoms with Gasteiger partial charge in [0.1, 0.15) is 0 Å². The van der Waals surface area contributed by atoms with Crippen LogP contribution in [0.2, 0.25) is 0 Å². The molecular formula is C7H13NS. The molecule has 1 nitrogen and oxygen atoms in total. The molecule has 0 aromatic rings. The summed E-state index contributed by atoms with van der Waals surface area (Å²) in [6.07, 6.45) is 3.93.